The van der Waals surface area contributed by atoms with Gasteiger partial charge in [-0.25, -0.2) is 4.98 Å². The van der Waals surface area contributed by atoms with Crippen molar-refractivity contribution >= 4 is 5.97 Å². The number of aryl methyl sites for hydroxylation is 1. The first-order chi connectivity index (χ1) is 8.10. The first-order valence-electron chi connectivity index (χ1n) is 6.02. The normalized spacial score (nSPS) is 25.2. The van der Waals surface area contributed by atoms with Crippen molar-refractivity contribution in [1.82, 2.24) is 14.5 Å². The van der Waals surface area contributed by atoms with Crippen LogP contribution >= 0.6 is 0 Å². The maximum atomic E-state index is 11.1. The third kappa shape index (κ3) is 2.85. The van der Waals surface area contributed by atoms with Gasteiger partial charge in [0, 0.05) is 25.5 Å². The lowest BCUT2D eigenvalue weighted by Crippen LogP contribution is -2.32. The van der Waals surface area contributed by atoms with Gasteiger partial charge in [-0.05, 0) is 32.9 Å². The van der Waals surface area contributed by atoms with Gasteiger partial charge in [-0.1, -0.05) is 0 Å². The summed E-state index contributed by atoms with van der Waals surface area (Å²) in [5.74, 6) is -0.672. The summed E-state index contributed by atoms with van der Waals surface area (Å²) in [5, 5.41) is 9.13. The van der Waals surface area contributed by atoms with Gasteiger partial charge >= 0.3 is 5.97 Å². The molecular formula is C12H19N3O2. The Bertz CT molecular complexity index is 377. The standard InChI is InChI=1S/C12H19N3O2/c1-12(11(16)17)3-7-14(9-12)5-2-6-15-8-4-13-10-15/h4,8,10H,2-3,5-7,9H2,1H3,(H,16,17). The van der Waals surface area contributed by atoms with Gasteiger partial charge in [-0.15, -0.1) is 0 Å². The fourth-order valence-corrected chi connectivity index (χ4v) is 2.32. The topological polar surface area (TPSA) is 58.4 Å². The molecular weight excluding hydrogens is 218 g/mol. The Morgan fingerprint density at radius 3 is 2.94 bits per heavy atom. The molecule has 1 aromatic rings. The zero-order valence-electron chi connectivity index (χ0n) is 10.2. The van der Waals surface area contributed by atoms with E-state index >= 15 is 0 Å². The summed E-state index contributed by atoms with van der Waals surface area (Å²) < 4.78 is 2.05. The predicted molar refractivity (Wildman–Crippen MR) is 63.6 cm³/mol. The van der Waals surface area contributed by atoms with Crippen LogP contribution in [-0.2, 0) is 11.3 Å². The Kier molecular flexibility index (Phi) is 3.47. The minimum absolute atomic E-state index is 0.547. The van der Waals surface area contributed by atoms with Gasteiger partial charge in [0.05, 0.1) is 11.7 Å². The van der Waals surface area contributed by atoms with E-state index in [1.165, 1.54) is 0 Å². The van der Waals surface area contributed by atoms with Gasteiger partial charge in [0.25, 0.3) is 0 Å². The van der Waals surface area contributed by atoms with Crippen molar-refractivity contribution in [3.63, 3.8) is 0 Å². The van der Waals surface area contributed by atoms with Gasteiger partial charge < -0.3 is 14.6 Å². The maximum Gasteiger partial charge on any atom is 0.310 e. The van der Waals surface area contributed by atoms with Crippen LogP contribution < -0.4 is 0 Å². The van der Waals surface area contributed by atoms with Crippen LogP contribution in [0.25, 0.3) is 0 Å². The van der Waals surface area contributed by atoms with Gasteiger partial charge in [-0.2, -0.15) is 0 Å². The second kappa shape index (κ2) is 4.87. The number of hydrogen-bond acceptors (Lipinski definition) is 3. The van der Waals surface area contributed by atoms with Crippen molar-refractivity contribution in [2.45, 2.75) is 26.3 Å². The Morgan fingerprint density at radius 1 is 1.53 bits per heavy atom. The lowest BCUT2D eigenvalue weighted by Gasteiger charge is -2.19. The van der Waals surface area contributed by atoms with Crippen molar-refractivity contribution in [3.05, 3.63) is 18.7 Å². The van der Waals surface area contributed by atoms with Crippen LogP contribution in [0.4, 0.5) is 0 Å². The van der Waals surface area contributed by atoms with Crippen LogP contribution in [0.2, 0.25) is 0 Å². The fraction of sp³-hybridized carbons (Fsp3) is 0.667. The molecule has 94 valence electrons. The van der Waals surface area contributed by atoms with E-state index in [1.54, 1.807) is 6.20 Å². The number of rotatable bonds is 5. The van der Waals surface area contributed by atoms with E-state index in [9.17, 15) is 4.79 Å². The fourth-order valence-electron chi connectivity index (χ4n) is 2.32. The highest BCUT2D eigenvalue weighted by molar-refractivity contribution is 5.74. The number of likely N-dealkylation sites (tertiary alicyclic amines) is 1. The molecule has 1 aromatic heterocycles. The Morgan fingerprint density at radius 2 is 2.35 bits per heavy atom. The first kappa shape index (κ1) is 12.1. The molecule has 0 aromatic carbocycles. The summed E-state index contributed by atoms with van der Waals surface area (Å²) >= 11 is 0. The first-order valence-corrected chi connectivity index (χ1v) is 6.02. The van der Waals surface area contributed by atoms with E-state index in [0.29, 0.717) is 6.54 Å². The van der Waals surface area contributed by atoms with E-state index < -0.39 is 11.4 Å². The summed E-state index contributed by atoms with van der Waals surface area (Å²) in [6.45, 7) is 5.31. The number of imidazole rings is 1. The highest BCUT2D eigenvalue weighted by atomic mass is 16.4. The number of nitrogens with zero attached hydrogens (tertiary/aromatic N) is 3. The maximum absolute atomic E-state index is 11.1. The van der Waals surface area contributed by atoms with Crippen LogP contribution in [0.3, 0.4) is 0 Å². The van der Waals surface area contributed by atoms with E-state index in [4.69, 9.17) is 5.11 Å². The third-order valence-electron chi connectivity index (χ3n) is 3.52. The molecule has 0 bridgehead atoms. The summed E-state index contributed by atoms with van der Waals surface area (Å²) in [6, 6.07) is 0. The van der Waals surface area contributed by atoms with E-state index in [0.717, 1.165) is 32.5 Å². The lowest BCUT2D eigenvalue weighted by molar-refractivity contribution is -0.147. The highest BCUT2D eigenvalue weighted by Gasteiger charge is 2.39. The molecule has 1 saturated heterocycles. The highest BCUT2D eigenvalue weighted by Crippen LogP contribution is 2.29. The molecule has 1 aliphatic rings. The summed E-state index contributed by atoms with van der Waals surface area (Å²) in [7, 11) is 0. The molecule has 1 unspecified atom stereocenters. The van der Waals surface area contributed by atoms with Crippen molar-refractivity contribution in [1.29, 1.82) is 0 Å². The van der Waals surface area contributed by atoms with Crippen LogP contribution in [-0.4, -0.2) is 45.2 Å². The molecule has 1 aliphatic heterocycles. The number of hydrogen-bond donors (Lipinski definition) is 1. The SMILES string of the molecule is CC1(C(=O)O)CCN(CCCn2ccnc2)C1. The van der Waals surface area contributed by atoms with Gasteiger partial charge in [0.1, 0.15) is 0 Å². The monoisotopic (exact) mass is 237 g/mol. The minimum atomic E-state index is -0.672. The smallest absolute Gasteiger partial charge is 0.310 e. The average molecular weight is 237 g/mol. The second-order valence-electron chi connectivity index (χ2n) is 5.05. The number of aliphatic carboxylic acids is 1. The van der Waals surface area contributed by atoms with Gasteiger partial charge in [0.15, 0.2) is 0 Å². The van der Waals surface area contributed by atoms with Crippen LogP contribution in [0.15, 0.2) is 18.7 Å². The summed E-state index contributed by atoms with van der Waals surface area (Å²) in [6.07, 6.45) is 7.33. The molecule has 2 rings (SSSR count). The van der Waals surface area contributed by atoms with Crippen LogP contribution in [0, 0.1) is 5.41 Å². The van der Waals surface area contributed by atoms with E-state index in [2.05, 4.69) is 9.88 Å². The largest absolute Gasteiger partial charge is 0.481 e. The Labute approximate surface area is 101 Å². The molecule has 1 fully saturated rings. The molecule has 0 radical (unpaired) electrons. The van der Waals surface area contributed by atoms with Crippen molar-refractivity contribution in [2.24, 2.45) is 5.41 Å². The quantitative estimate of drug-likeness (QED) is 0.832. The second-order valence-corrected chi connectivity index (χ2v) is 5.05. The van der Waals surface area contributed by atoms with Gasteiger partial charge in [-0.3, -0.25) is 4.79 Å². The van der Waals surface area contributed by atoms with Crippen LogP contribution in [0.5, 0.6) is 0 Å². The summed E-state index contributed by atoms with van der Waals surface area (Å²) in [4.78, 5) is 17.3. The Balaban J connectivity index is 1.73. The molecule has 17 heavy (non-hydrogen) atoms. The molecule has 1 atom stereocenters. The minimum Gasteiger partial charge on any atom is -0.481 e. The van der Waals surface area contributed by atoms with E-state index in [-0.39, 0.29) is 0 Å². The van der Waals surface area contributed by atoms with Crippen molar-refractivity contribution in [3.8, 4) is 0 Å². The summed E-state index contributed by atoms with van der Waals surface area (Å²) in [5.41, 5.74) is -0.547. The number of aromatic nitrogens is 2. The molecule has 0 saturated carbocycles. The molecule has 1 N–H and O–H groups in total. The number of carboxylic acid groups (broad SMARTS) is 1. The molecule has 5 nitrogen and oxygen atoms in total. The number of carboxylic acids is 1. The molecule has 2 heterocycles. The van der Waals surface area contributed by atoms with E-state index in [1.807, 2.05) is 24.0 Å². The van der Waals surface area contributed by atoms with Crippen molar-refractivity contribution < 1.29 is 9.90 Å². The van der Waals surface area contributed by atoms with Crippen LogP contribution in [0.1, 0.15) is 19.8 Å². The molecule has 0 aliphatic carbocycles. The Hall–Kier alpha value is -1.36. The average Bonchev–Trinajstić information content (AvgIpc) is 2.89. The lowest BCUT2D eigenvalue weighted by atomic mass is 9.90. The van der Waals surface area contributed by atoms with Gasteiger partial charge in [0.2, 0.25) is 0 Å². The molecule has 5 heteroatoms. The number of carbonyl (C=O) groups is 1. The zero-order valence-corrected chi connectivity index (χ0v) is 10.2. The van der Waals surface area contributed by atoms with Crippen molar-refractivity contribution in [2.75, 3.05) is 19.6 Å². The molecule has 0 amide bonds. The zero-order chi connectivity index (χ0) is 12.3. The third-order valence-corrected chi connectivity index (χ3v) is 3.52. The predicted octanol–water partition coefficient (Wildman–Crippen LogP) is 1.07. The molecule has 0 spiro atoms.